The zero-order chi connectivity index (χ0) is 16.7. The number of phenolic OH excluding ortho intramolecular Hbond substituents is 1. The lowest BCUT2D eigenvalue weighted by Gasteiger charge is -2.34. The third-order valence-corrected chi connectivity index (χ3v) is 4.45. The van der Waals surface area contributed by atoms with Gasteiger partial charge in [-0.25, -0.2) is 4.98 Å². The van der Waals surface area contributed by atoms with E-state index in [1.807, 2.05) is 28.8 Å². The first-order chi connectivity index (χ1) is 11.6. The maximum atomic E-state index is 10.1. The van der Waals surface area contributed by atoms with E-state index >= 15 is 0 Å². The fourth-order valence-corrected chi connectivity index (χ4v) is 3.07. The van der Waals surface area contributed by atoms with Gasteiger partial charge in [0, 0.05) is 44.0 Å². The van der Waals surface area contributed by atoms with Crippen molar-refractivity contribution in [2.45, 2.75) is 0 Å². The Kier molecular flexibility index (Phi) is 3.50. The molecule has 1 aliphatic rings. The first kappa shape index (κ1) is 14.8. The number of piperazine rings is 1. The van der Waals surface area contributed by atoms with Crippen LogP contribution in [0.15, 0.2) is 36.5 Å². The molecule has 7 heteroatoms. The van der Waals surface area contributed by atoms with Crippen molar-refractivity contribution in [3.05, 3.63) is 36.5 Å². The minimum atomic E-state index is 0.204. The topological polar surface area (TPSA) is 82.9 Å². The van der Waals surface area contributed by atoms with Gasteiger partial charge in [0.05, 0.1) is 5.69 Å². The number of imidazole rings is 1. The first-order valence-electron chi connectivity index (χ1n) is 7.99. The molecule has 0 atom stereocenters. The van der Waals surface area contributed by atoms with Crippen molar-refractivity contribution in [2.24, 2.45) is 0 Å². The number of benzene rings is 1. The van der Waals surface area contributed by atoms with Crippen molar-refractivity contribution < 1.29 is 5.11 Å². The number of nitrogen functional groups attached to an aromatic ring is 1. The van der Waals surface area contributed by atoms with E-state index in [9.17, 15) is 5.11 Å². The van der Waals surface area contributed by atoms with E-state index in [1.54, 1.807) is 12.1 Å². The summed E-state index contributed by atoms with van der Waals surface area (Å²) in [5.41, 5.74) is 7.35. The summed E-state index contributed by atoms with van der Waals surface area (Å²) in [6, 6.07) is 9.05. The predicted molar refractivity (Wildman–Crippen MR) is 94.2 cm³/mol. The lowest BCUT2D eigenvalue weighted by molar-refractivity contribution is 0.311. The molecule has 0 radical (unpaired) electrons. The summed E-state index contributed by atoms with van der Waals surface area (Å²) in [5, 5.41) is 10.1. The van der Waals surface area contributed by atoms with Crippen molar-refractivity contribution in [2.75, 3.05) is 43.9 Å². The average Bonchev–Trinajstić information content (AvgIpc) is 2.99. The number of phenols is 1. The molecule has 3 heterocycles. The van der Waals surface area contributed by atoms with E-state index in [0.29, 0.717) is 22.9 Å². The Morgan fingerprint density at radius 3 is 2.58 bits per heavy atom. The number of aromatic nitrogens is 3. The summed E-state index contributed by atoms with van der Waals surface area (Å²) in [6.45, 7) is 3.87. The highest BCUT2D eigenvalue weighted by Gasteiger charge is 2.19. The molecule has 2 aromatic heterocycles. The van der Waals surface area contributed by atoms with Gasteiger partial charge in [0.1, 0.15) is 17.4 Å². The van der Waals surface area contributed by atoms with E-state index in [4.69, 9.17) is 5.73 Å². The van der Waals surface area contributed by atoms with E-state index < -0.39 is 0 Å². The van der Waals surface area contributed by atoms with Gasteiger partial charge in [0.25, 0.3) is 0 Å². The Labute approximate surface area is 140 Å². The Balaban J connectivity index is 1.82. The highest BCUT2D eigenvalue weighted by atomic mass is 16.3. The fourth-order valence-electron chi connectivity index (χ4n) is 3.07. The number of rotatable bonds is 2. The number of anilines is 2. The zero-order valence-electron chi connectivity index (χ0n) is 13.6. The molecule has 0 bridgehead atoms. The van der Waals surface area contributed by atoms with Gasteiger partial charge in [0.2, 0.25) is 5.78 Å². The summed E-state index contributed by atoms with van der Waals surface area (Å²) in [7, 11) is 2.13. The number of fused-ring (bicyclic) bond motifs is 1. The summed E-state index contributed by atoms with van der Waals surface area (Å²) in [6.07, 6.45) is 1.91. The summed E-state index contributed by atoms with van der Waals surface area (Å²) in [4.78, 5) is 13.5. The molecule has 1 aliphatic heterocycles. The van der Waals surface area contributed by atoms with Crippen LogP contribution in [0.25, 0.3) is 17.0 Å². The number of nitrogens with two attached hydrogens (primary N) is 1. The van der Waals surface area contributed by atoms with Gasteiger partial charge in [-0.1, -0.05) is 12.1 Å². The summed E-state index contributed by atoms with van der Waals surface area (Å²) >= 11 is 0. The van der Waals surface area contributed by atoms with Gasteiger partial charge < -0.3 is 20.6 Å². The molecule has 3 aromatic rings. The van der Waals surface area contributed by atoms with Crippen LogP contribution in [0.5, 0.6) is 5.75 Å². The van der Waals surface area contributed by atoms with Gasteiger partial charge in [-0.3, -0.25) is 4.40 Å². The van der Waals surface area contributed by atoms with Gasteiger partial charge >= 0.3 is 0 Å². The first-order valence-corrected chi connectivity index (χ1v) is 7.99. The van der Waals surface area contributed by atoms with Crippen LogP contribution in [0.2, 0.25) is 0 Å². The third-order valence-electron chi connectivity index (χ3n) is 4.45. The molecule has 7 nitrogen and oxygen atoms in total. The van der Waals surface area contributed by atoms with Crippen LogP contribution in [0, 0.1) is 0 Å². The van der Waals surface area contributed by atoms with Crippen LogP contribution in [0.4, 0.5) is 11.6 Å². The zero-order valence-corrected chi connectivity index (χ0v) is 13.6. The normalized spacial score (nSPS) is 16.0. The second-order valence-electron chi connectivity index (χ2n) is 6.14. The molecule has 3 N–H and O–H groups in total. The minimum absolute atomic E-state index is 0.204. The second-order valence-corrected chi connectivity index (χ2v) is 6.14. The highest BCUT2D eigenvalue weighted by Crippen LogP contribution is 2.30. The molecule has 1 aromatic carbocycles. The van der Waals surface area contributed by atoms with Crippen LogP contribution in [-0.4, -0.2) is 57.6 Å². The molecule has 0 amide bonds. The van der Waals surface area contributed by atoms with Crippen LogP contribution >= 0.6 is 0 Å². The molecule has 1 saturated heterocycles. The number of hydrogen-bond donors (Lipinski definition) is 2. The molecular weight excluding hydrogens is 304 g/mol. The maximum Gasteiger partial charge on any atom is 0.237 e. The van der Waals surface area contributed by atoms with Crippen LogP contribution in [0.3, 0.4) is 0 Å². The summed E-state index contributed by atoms with van der Waals surface area (Å²) in [5.74, 6) is 2.18. The Morgan fingerprint density at radius 1 is 1.08 bits per heavy atom. The smallest absolute Gasteiger partial charge is 0.237 e. The standard InChI is InChI=1S/C17H20N6O/c1-21-6-8-22(9-7-21)16-10-15(18)20-17-19-13(11-23(16)17)12-4-2-3-5-14(12)24/h2-5,10-11,24H,6-9H2,1H3,(H2,18,19,20). The molecule has 0 saturated carbocycles. The number of para-hydroxylation sites is 1. The maximum absolute atomic E-state index is 10.1. The minimum Gasteiger partial charge on any atom is -0.507 e. The van der Waals surface area contributed by atoms with Gasteiger partial charge in [-0.15, -0.1) is 0 Å². The van der Waals surface area contributed by atoms with Crippen molar-refractivity contribution >= 4 is 17.4 Å². The van der Waals surface area contributed by atoms with E-state index in [-0.39, 0.29) is 5.75 Å². The Morgan fingerprint density at radius 2 is 1.83 bits per heavy atom. The molecule has 4 rings (SSSR count). The van der Waals surface area contributed by atoms with Crippen molar-refractivity contribution in [3.8, 4) is 17.0 Å². The molecule has 0 spiro atoms. The van der Waals surface area contributed by atoms with Crippen LogP contribution < -0.4 is 10.6 Å². The fraction of sp³-hybridized carbons (Fsp3) is 0.294. The average molecular weight is 324 g/mol. The molecular formula is C17H20N6O. The molecule has 1 fully saturated rings. The largest absolute Gasteiger partial charge is 0.507 e. The van der Waals surface area contributed by atoms with E-state index in [2.05, 4.69) is 26.8 Å². The van der Waals surface area contributed by atoms with Crippen molar-refractivity contribution in [1.82, 2.24) is 19.3 Å². The van der Waals surface area contributed by atoms with Crippen molar-refractivity contribution in [1.29, 1.82) is 0 Å². The molecule has 0 aliphatic carbocycles. The number of likely N-dealkylation sites (N-methyl/N-ethyl adjacent to an activating group) is 1. The molecule has 0 unspecified atom stereocenters. The van der Waals surface area contributed by atoms with Crippen molar-refractivity contribution in [3.63, 3.8) is 0 Å². The summed E-state index contributed by atoms with van der Waals surface area (Å²) < 4.78 is 1.95. The predicted octanol–water partition coefficient (Wildman–Crippen LogP) is 1.44. The molecule has 124 valence electrons. The van der Waals surface area contributed by atoms with Gasteiger partial charge in [-0.05, 0) is 19.2 Å². The lowest BCUT2D eigenvalue weighted by Crippen LogP contribution is -2.45. The number of aromatic hydroxyl groups is 1. The second kappa shape index (κ2) is 5.68. The Bertz CT molecular complexity index is 882. The highest BCUT2D eigenvalue weighted by molar-refractivity contribution is 5.69. The van der Waals surface area contributed by atoms with Crippen LogP contribution in [0.1, 0.15) is 0 Å². The Hall–Kier alpha value is -2.80. The quantitative estimate of drug-likeness (QED) is 0.742. The number of nitrogens with zero attached hydrogens (tertiary/aromatic N) is 5. The number of hydrogen-bond acceptors (Lipinski definition) is 6. The van der Waals surface area contributed by atoms with E-state index in [0.717, 1.165) is 32.0 Å². The van der Waals surface area contributed by atoms with Crippen LogP contribution in [-0.2, 0) is 0 Å². The van der Waals surface area contributed by atoms with Gasteiger partial charge in [0.15, 0.2) is 0 Å². The van der Waals surface area contributed by atoms with Gasteiger partial charge in [-0.2, -0.15) is 4.98 Å². The third kappa shape index (κ3) is 2.52. The lowest BCUT2D eigenvalue weighted by atomic mass is 10.1. The monoisotopic (exact) mass is 324 g/mol. The van der Waals surface area contributed by atoms with E-state index in [1.165, 1.54) is 0 Å². The molecule has 24 heavy (non-hydrogen) atoms. The SMILES string of the molecule is CN1CCN(c2cc(N)nc3nc(-c4ccccc4O)cn23)CC1.